The monoisotopic (exact) mass is 305 g/mol. The molecule has 0 bridgehead atoms. The van der Waals surface area contributed by atoms with Crippen molar-refractivity contribution in [2.24, 2.45) is 0 Å². The van der Waals surface area contributed by atoms with E-state index in [0.29, 0.717) is 18.8 Å². The predicted octanol–water partition coefficient (Wildman–Crippen LogP) is -1.20. The average molecular weight is 305 g/mol. The number of hydrogen-bond acceptors (Lipinski definition) is 6. The lowest BCUT2D eigenvalue weighted by atomic mass is 10.2. The van der Waals surface area contributed by atoms with Crippen LogP contribution in [-0.4, -0.2) is 60.9 Å². The minimum absolute atomic E-state index is 0.259. The van der Waals surface area contributed by atoms with Gasteiger partial charge >= 0.3 is 11.8 Å². The molecule has 0 unspecified atom stereocenters. The number of nitrogens with two attached hydrogens (primary N) is 1. The second-order valence-corrected chi connectivity index (χ2v) is 5.14. The van der Waals surface area contributed by atoms with Crippen LogP contribution in [0.4, 0.5) is 5.69 Å². The van der Waals surface area contributed by atoms with Crippen molar-refractivity contribution in [2.45, 2.75) is 0 Å². The molecule has 0 aromatic heterocycles. The molecule has 0 aliphatic carbocycles. The summed E-state index contributed by atoms with van der Waals surface area (Å²) in [6, 6.07) is 6.06. The Kier molecular flexibility index (Phi) is 5.08. The number of hydrazine groups is 1. The number of carbonyl (C=O) groups is 3. The van der Waals surface area contributed by atoms with Gasteiger partial charge in [-0.05, 0) is 31.3 Å². The van der Waals surface area contributed by atoms with E-state index in [1.807, 2.05) is 12.4 Å². The zero-order valence-corrected chi connectivity index (χ0v) is 12.3. The Morgan fingerprint density at radius 1 is 1.00 bits per heavy atom. The molecule has 1 fully saturated rings. The van der Waals surface area contributed by atoms with E-state index in [0.717, 1.165) is 13.1 Å². The van der Waals surface area contributed by atoms with Gasteiger partial charge in [0.2, 0.25) is 0 Å². The van der Waals surface area contributed by atoms with Gasteiger partial charge in [0.05, 0.1) is 0 Å². The van der Waals surface area contributed by atoms with Crippen molar-refractivity contribution < 1.29 is 14.4 Å². The molecule has 118 valence electrons. The van der Waals surface area contributed by atoms with Crippen LogP contribution < -0.4 is 16.5 Å². The van der Waals surface area contributed by atoms with E-state index in [1.165, 1.54) is 12.1 Å². The van der Waals surface area contributed by atoms with E-state index in [-0.39, 0.29) is 5.56 Å². The van der Waals surface area contributed by atoms with Gasteiger partial charge in [-0.25, -0.2) is 5.01 Å². The molecule has 1 saturated heterocycles. The average Bonchev–Trinajstić information content (AvgIpc) is 2.50. The van der Waals surface area contributed by atoms with E-state index in [9.17, 15) is 14.4 Å². The SMILES string of the molecule is CN1CCN(NC(=O)C(=O)NC(=O)c2ccc(N)cc2)CC1. The van der Waals surface area contributed by atoms with Crippen LogP contribution in [0.3, 0.4) is 0 Å². The summed E-state index contributed by atoms with van der Waals surface area (Å²) < 4.78 is 0. The number of imide groups is 1. The lowest BCUT2D eigenvalue weighted by Gasteiger charge is -2.32. The van der Waals surface area contributed by atoms with Crippen molar-refractivity contribution in [1.29, 1.82) is 0 Å². The van der Waals surface area contributed by atoms with Crippen molar-refractivity contribution >= 4 is 23.4 Å². The Hall–Kier alpha value is -2.45. The first-order valence-corrected chi connectivity index (χ1v) is 6.91. The van der Waals surface area contributed by atoms with Gasteiger partial charge in [-0.1, -0.05) is 0 Å². The molecule has 1 aromatic carbocycles. The number of nitrogen functional groups attached to an aromatic ring is 1. The Labute approximate surface area is 128 Å². The summed E-state index contributed by atoms with van der Waals surface area (Å²) in [6.07, 6.45) is 0. The Balaban J connectivity index is 1.84. The van der Waals surface area contributed by atoms with Crippen molar-refractivity contribution in [2.75, 3.05) is 39.0 Å². The summed E-state index contributed by atoms with van der Waals surface area (Å²) in [5, 5.41) is 3.71. The second-order valence-electron chi connectivity index (χ2n) is 5.14. The summed E-state index contributed by atoms with van der Waals surface area (Å²) in [5.74, 6) is -2.48. The summed E-state index contributed by atoms with van der Waals surface area (Å²) in [5.41, 5.74) is 8.78. The molecular weight excluding hydrogens is 286 g/mol. The maximum absolute atomic E-state index is 11.8. The first-order valence-electron chi connectivity index (χ1n) is 6.91. The summed E-state index contributed by atoms with van der Waals surface area (Å²) in [6.45, 7) is 2.85. The third-order valence-corrected chi connectivity index (χ3v) is 3.37. The number of amides is 3. The molecular formula is C14H19N5O3. The molecule has 0 spiro atoms. The van der Waals surface area contributed by atoms with Crippen LogP contribution in [-0.2, 0) is 9.59 Å². The van der Waals surface area contributed by atoms with E-state index >= 15 is 0 Å². The highest BCUT2D eigenvalue weighted by Crippen LogP contribution is 2.05. The summed E-state index contributed by atoms with van der Waals surface area (Å²) >= 11 is 0. The maximum atomic E-state index is 11.8. The number of likely N-dealkylation sites (N-methyl/N-ethyl adjacent to an activating group) is 1. The van der Waals surface area contributed by atoms with E-state index < -0.39 is 17.7 Å². The highest BCUT2D eigenvalue weighted by molar-refractivity contribution is 6.38. The van der Waals surface area contributed by atoms with Crippen molar-refractivity contribution in [3.63, 3.8) is 0 Å². The van der Waals surface area contributed by atoms with Gasteiger partial charge in [0.1, 0.15) is 0 Å². The molecule has 0 atom stereocenters. The number of piperazine rings is 1. The largest absolute Gasteiger partial charge is 0.399 e. The van der Waals surface area contributed by atoms with Crippen LogP contribution in [0.1, 0.15) is 10.4 Å². The fourth-order valence-corrected chi connectivity index (χ4v) is 1.98. The standard InChI is InChI=1S/C14H19N5O3/c1-18-6-8-19(9-7-18)17-14(22)13(21)16-12(20)10-2-4-11(15)5-3-10/h2-5H,6-9,15H2,1H3,(H,17,22)(H,16,20,21). The molecule has 3 amide bonds. The highest BCUT2D eigenvalue weighted by atomic mass is 16.2. The van der Waals surface area contributed by atoms with Gasteiger partial charge in [-0.15, -0.1) is 0 Å². The third-order valence-electron chi connectivity index (χ3n) is 3.37. The molecule has 8 heteroatoms. The van der Waals surface area contributed by atoms with Crippen molar-refractivity contribution in [3.05, 3.63) is 29.8 Å². The van der Waals surface area contributed by atoms with Gasteiger partial charge in [-0.3, -0.25) is 25.1 Å². The van der Waals surface area contributed by atoms with E-state index in [2.05, 4.69) is 10.3 Å². The molecule has 2 rings (SSSR count). The number of benzene rings is 1. The van der Waals surface area contributed by atoms with Crippen LogP contribution >= 0.6 is 0 Å². The lowest BCUT2D eigenvalue weighted by Crippen LogP contribution is -2.55. The number of rotatable bonds is 2. The molecule has 1 aliphatic rings. The quantitative estimate of drug-likeness (QED) is 0.468. The molecule has 0 saturated carbocycles. The molecule has 1 aliphatic heterocycles. The first-order chi connectivity index (χ1) is 10.5. The van der Waals surface area contributed by atoms with Gasteiger partial charge in [0.25, 0.3) is 5.91 Å². The van der Waals surface area contributed by atoms with E-state index in [4.69, 9.17) is 5.73 Å². The zero-order valence-electron chi connectivity index (χ0n) is 12.3. The number of hydrogen-bond donors (Lipinski definition) is 3. The Bertz CT molecular complexity index is 564. The number of anilines is 1. The summed E-state index contributed by atoms with van der Waals surface area (Å²) in [4.78, 5) is 37.4. The lowest BCUT2D eigenvalue weighted by molar-refractivity contribution is -0.142. The number of nitrogens with zero attached hydrogens (tertiary/aromatic N) is 2. The smallest absolute Gasteiger partial charge is 0.324 e. The van der Waals surface area contributed by atoms with Crippen molar-refractivity contribution in [3.8, 4) is 0 Å². The molecule has 4 N–H and O–H groups in total. The first kappa shape index (κ1) is 15.9. The zero-order chi connectivity index (χ0) is 16.1. The molecule has 0 radical (unpaired) electrons. The fourth-order valence-electron chi connectivity index (χ4n) is 1.98. The van der Waals surface area contributed by atoms with Crippen LogP contribution in [0, 0.1) is 0 Å². The van der Waals surface area contributed by atoms with Crippen LogP contribution in [0.15, 0.2) is 24.3 Å². The Morgan fingerprint density at radius 3 is 2.18 bits per heavy atom. The molecule has 1 aromatic rings. The fraction of sp³-hybridized carbons (Fsp3) is 0.357. The minimum atomic E-state index is -0.985. The topological polar surface area (TPSA) is 108 Å². The van der Waals surface area contributed by atoms with Gasteiger partial charge in [-0.2, -0.15) is 0 Å². The maximum Gasteiger partial charge on any atom is 0.324 e. The predicted molar refractivity (Wildman–Crippen MR) is 80.5 cm³/mol. The molecule has 8 nitrogen and oxygen atoms in total. The van der Waals surface area contributed by atoms with Crippen LogP contribution in [0.2, 0.25) is 0 Å². The van der Waals surface area contributed by atoms with Gasteiger partial charge in [0, 0.05) is 37.4 Å². The normalized spacial score (nSPS) is 16.0. The summed E-state index contributed by atoms with van der Waals surface area (Å²) in [7, 11) is 1.98. The third kappa shape index (κ3) is 4.27. The Morgan fingerprint density at radius 2 is 1.59 bits per heavy atom. The number of carbonyl (C=O) groups excluding carboxylic acids is 3. The second kappa shape index (κ2) is 7.01. The minimum Gasteiger partial charge on any atom is -0.399 e. The van der Waals surface area contributed by atoms with Crippen LogP contribution in [0.25, 0.3) is 0 Å². The molecule has 22 heavy (non-hydrogen) atoms. The highest BCUT2D eigenvalue weighted by Gasteiger charge is 2.22. The van der Waals surface area contributed by atoms with Crippen molar-refractivity contribution in [1.82, 2.24) is 20.7 Å². The number of nitrogens with one attached hydrogen (secondary N) is 2. The molecule has 1 heterocycles. The van der Waals surface area contributed by atoms with Gasteiger partial charge < -0.3 is 10.6 Å². The van der Waals surface area contributed by atoms with Gasteiger partial charge in [0.15, 0.2) is 0 Å². The van der Waals surface area contributed by atoms with Crippen LogP contribution in [0.5, 0.6) is 0 Å². The van der Waals surface area contributed by atoms with E-state index in [1.54, 1.807) is 17.1 Å².